The lowest BCUT2D eigenvalue weighted by molar-refractivity contribution is -0.121. The number of hydrogen-bond donors (Lipinski definition) is 2. The number of guanidine groups is 1. The van der Waals surface area contributed by atoms with Crippen molar-refractivity contribution in [1.29, 1.82) is 0 Å². The van der Waals surface area contributed by atoms with Crippen molar-refractivity contribution in [2.75, 3.05) is 53.9 Å². The lowest BCUT2D eigenvalue weighted by atomic mass is 9.93. The minimum absolute atomic E-state index is 0. The van der Waals surface area contributed by atoms with Crippen LogP contribution in [0.25, 0.3) is 0 Å². The molecule has 0 radical (unpaired) electrons. The van der Waals surface area contributed by atoms with Gasteiger partial charge in [-0.2, -0.15) is 0 Å². The number of carbonyl (C=O) groups is 1. The van der Waals surface area contributed by atoms with Crippen molar-refractivity contribution in [2.24, 2.45) is 10.9 Å². The molecule has 0 aromatic rings. The zero-order chi connectivity index (χ0) is 16.4. The zero-order valence-corrected chi connectivity index (χ0v) is 17.4. The van der Waals surface area contributed by atoms with Gasteiger partial charge in [-0.05, 0) is 52.7 Å². The highest BCUT2D eigenvalue weighted by atomic mass is 127. The summed E-state index contributed by atoms with van der Waals surface area (Å²) >= 11 is 0. The Morgan fingerprint density at radius 1 is 1.30 bits per heavy atom. The Labute approximate surface area is 158 Å². The highest BCUT2D eigenvalue weighted by Gasteiger charge is 2.22. The molecular formula is C16H34IN5O. The predicted molar refractivity (Wildman–Crippen MR) is 108 cm³/mol. The first-order chi connectivity index (χ1) is 10.6. The van der Waals surface area contributed by atoms with E-state index in [0.29, 0.717) is 12.3 Å². The maximum Gasteiger partial charge on any atom is 0.220 e. The van der Waals surface area contributed by atoms with Crippen molar-refractivity contribution >= 4 is 35.8 Å². The van der Waals surface area contributed by atoms with Crippen LogP contribution in [0.4, 0.5) is 0 Å². The first kappa shape index (κ1) is 22.4. The maximum atomic E-state index is 11.5. The number of nitrogens with one attached hydrogen (secondary N) is 2. The fraction of sp³-hybridized carbons (Fsp3) is 0.875. The van der Waals surface area contributed by atoms with Crippen molar-refractivity contribution < 1.29 is 4.79 Å². The normalized spacial score (nSPS) is 16.2. The molecule has 1 aliphatic heterocycles. The number of piperidine rings is 1. The number of hydrogen-bond acceptors (Lipinski definition) is 3. The first-order valence-electron chi connectivity index (χ1n) is 8.45. The quantitative estimate of drug-likeness (QED) is 0.272. The summed E-state index contributed by atoms with van der Waals surface area (Å²) in [7, 11) is 5.89. The molecule has 7 heteroatoms. The molecule has 0 aromatic carbocycles. The van der Waals surface area contributed by atoms with E-state index in [1.807, 2.05) is 0 Å². The van der Waals surface area contributed by atoms with Gasteiger partial charge in [0.25, 0.3) is 0 Å². The molecule has 0 bridgehead atoms. The average Bonchev–Trinajstić information content (AvgIpc) is 2.51. The van der Waals surface area contributed by atoms with Crippen LogP contribution in [0.3, 0.4) is 0 Å². The van der Waals surface area contributed by atoms with E-state index in [-0.39, 0.29) is 29.9 Å². The van der Waals surface area contributed by atoms with Gasteiger partial charge in [-0.3, -0.25) is 9.79 Å². The Balaban J connectivity index is 0.00000484. The Morgan fingerprint density at radius 3 is 2.48 bits per heavy atom. The van der Waals surface area contributed by atoms with E-state index in [9.17, 15) is 4.79 Å². The summed E-state index contributed by atoms with van der Waals surface area (Å²) in [6, 6.07) is 0. The molecular weight excluding hydrogens is 405 g/mol. The van der Waals surface area contributed by atoms with Gasteiger partial charge in [-0.15, -0.1) is 24.0 Å². The molecule has 0 spiro atoms. The Hall–Kier alpha value is -0.570. The topological polar surface area (TPSA) is 60.0 Å². The molecule has 0 aromatic heterocycles. The second kappa shape index (κ2) is 12.8. The van der Waals surface area contributed by atoms with E-state index in [0.717, 1.165) is 57.9 Å². The Morgan fingerprint density at radius 2 is 1.96 bits per heavy atom. The third kappa shape index (κ3) is 9.34. The summed E-state index contributed by atoms with van der Waals surface area (Å²) in [6.07, 6.45) is 3.86. The summed E-state index contributed by atoms with van der Waals surface area (Å²) in [4.78, 5) is 20.7. The van der Waals surface area contributed by atoms with Crippen LogP contribution < -0.4 is 10.6 Å². The molecule has 1 aliphatic rings. The van der Waals surface area contributed by atoms with Crippen LogP contribution in [0.5, 0.6) is 0 Å². The van der Waals surface area contributed by atoms with E-state index in [1.165, 1.54) is 0 Å². The van der Waals surface area contributed by atoms with Crippen LogP contribution in [0.15, 0.2) is 4.99 Å². The van der Waals surface area contributed by atoms with Crippen molar-refractivity contribution in [1.82, 2.24) is 20.4 Å². The molecule has 0 saturated carbocycles. The molecule has 2 N–H and O–H groups in total. The second-order valence-electron chi connectivity index (χ2n) is 6.20. The SMILES string of the molecule is CCNC(=NCCCN(C)C)N1CCC(CC(=O)NC)CC1.I. The molecule has 1 rings (SSSR count). The number of rotatable bonds is 7. The molecule has 136 valence electrons. The summed E-state index contributed by atoms with van der Waals surface area (Å²) in [6.45, 7) is 6.90. The second-order valence-corrected chi connectivity index (χ2v) is 6.20. The summed E-state index contributed by atoms with van der Waals surface area (Å²) in [5.41, 5.74) is 0. The van der Waals surface area contributed by atoms with Gasteiger partial charge in [0.15, 0.2) is 5.96 Å². The molecule has 0 aliphatic carbocycles. The number of aliphatic imine (C=N–C) groups is 1. The molecule has 1 heterocycles. The van der Waals surface area contributed by atoms with Crippen molar-refractivity contribution in [3.8, 4) is 0 Å². The minimum Gasteiger partial charge on any atom is -0.359 e. The third-order valence-corrected chi connectivity index (χ3v) is 4.03. The third-order valence-electron chi connectivity index (χ3n) is 4.03. The standard InChI is InChI=1S/C16H33N5O.HI/c1-5-18-16(19-9-6-10-20(3)4)21-11-7-14(8-12-21)13-15(22)17-2;/h14H,5-13H2,1-4H3,(H,17,22)(H,18,19);1H. The summed E-state index contributed by atoms with van der Waals surface area (Å²) in [5, 5.41) is 6.11. The van der Waals surface area contributed by atoms with Crippen molar-refractivity contribution in [3.05, 3.63) is 0 Å². The lowest BCUT2D eigenvalue weighted by Gasteiger charge is -2.34. The Kier molecular flexibility index (Phi) is 12.5. The number of nitrogens with zero attached hydrogens (tertiary/aromatic N) is 3. The molecule has 1 fully saturated rings. The van der Waals surface area contributed by atoms with Gasteiger partial charge in [0.05, 0.1) is 0 Å². The zero-order valence-electron chi connectivity index (χ0n) is 15.1. The number of likely N-dealkylation sites (tertiary alicyclic amines) is 1. The molecule has 6 nitrogen and oxygen atoms in total. The molecule has 0 unspecified atom stereocenters. The first-order valence-corrected chi connectivity index (χ1v) is 8.45. The van der Waals surface area contributed by atoms with Crippen LogP contribution in [0.1, 0.15) is 32.6 Å². The number of amides is 1. The number of carbonyl (C=O) groups excluding carboxylic acids is 1. The lowest BCUT2D eigenvalue weighted by Crippen LogP contribution is -2.46. The van der Waals surface area contributed by atoms with Gasteiger partial charge in [0.2, 0.25) is 5.91 Å². The molecule has 23 heavy (non-hydrogen) atoms. The molecule has 1 amide bonds. The van der Waals surface area contributed by atoms with Gasteiger partial charge in [-0.1, -0.05) is 0 Å². The largest absolute Gasteiger partial charge is 0.359 e. The van der Waals surface area contributed by atoms with Crippen LogP contribution >= 0.6 is 24.0 Å². The van der Waals surface area contributed by atoms with Crippen LogP contribution in [-0.4, -0.2) is 75.5 Å². The van der Waals surface area contributed by atoms with Gasteiger partial charge in [0.1, 0.15) is 0 Å². The average molecular weight is 439 g/mol. The smallest absolute Gasteiger partial charge is 0.220 e. The highest BCUT2D eigenvalue weighted by molar-refractivity contribution is 14.0. The van der Waals surface area contributed by atoms with Gasteiger partial charge in [-0.25, -0.2) is 0 Å². The van der Waals surface area contributed by atoms with Gasteiger partial charge in [0, 0.05) is 39.6 Å². The Bertz CT molecular complexity index is 354. The minimum atomic E-state index is 0. The predicted octanol–water partition coefficient (Wildman–Crippen LogP) is 1.37. The van der Waals surface area contributed by atoms with E-state index in [2.05, 4.69) is 41.5 Å². The van der Waals surface area contributed by atoms with E-state index < -0.39 is 0 Å². The fourth-order valence-electron chi connectivity index (χ4n) is 2.71. The highest BCUT2D eigenvalue weighted by Crippen LogP contribution is 2.20. The van der Waals surface area contributed by atoms with E-state index in [4.69, 9.17) is 4.99 Å². The van der Waals surface area contributed by atoms with Crippen molar-refractivity contribution in [2.45, 2.75) is 32.6 Å². The van der Waals surface area contributed by atoms with E-state index >= 15 is 0 Å². The van der Waals surface area contributed by atoms with Gasteiger partial charge < -0.3 is 20.4 Å². The molecule has 1 saturated heterocycles. The molecule has 0 atom stereocenters. The maximum absolute atomic E-state index is 11.5. The van der Waals surface area contributed by atoms with Crippen LogP contribution in [-0.2, 0) is 4.79 Å². The van der Waals surface area contributed by atoms with Crippen molar-refractivity contribution in [3.63, 3.8) is 0 Å². The summed E-state index contributed by atoms with van der Waals surface area (Å²) in [5.74, 6) is 1.69. The van der Waals surface area contributed by atoms with Crippen LogP contribution in [0.2, 0.25) is 0 Å². The summed E-state index contributed by atoms with van der Waals surface area (Å²) < 4.78 is 0. The fourth-order valence-corrected chi connectivity index (χ4v) is 2.71. The number of halogens is 1. The van der Waals surface area contributed by atoms with Gasteiger partial charge >= 0.3 is 0 Å². The van der Waals surface area contributed by atoms with E-state index in [1.54, 1.807) is 7.05 Å². The van der Waals surface area contributed by atoms with Crippen LogP contribution in [0, 0.1) is 5.92 Å². The monoisotopic (exact) mass is 439 g/mol.